The number of anilines is 1. The van der Waals surface area contributed by atoms with Gasteiger partial charge in [0.1, 0.15) is 5.82 Å². The molecule has 1 heterocycles. The van der Waals surface area contributed by atoms with Crippen molar-refractivity contribution in [3.8, 4) is 0 Å². The summed E-state index contributed by atoms with van der Waals surface area (Å²) >= 11 is 0. The summed E-state index contributed by atoms with van der Waals surface area (Å²) in [6.45, 7) is 8.49. The third-order valence-electron chi connectivity index (χ3n) is 1.95. The molecular weight excluding hydrogens is 162 g/mol. The lowest BCUT2D eigenvalue weighted by atomic mass is 9.89. The zero-order valence-electron chi connectivity index (χ0n) is 8.97. The SMILES string of the molecule is CNc1cc(C)c(C(C)(C)C)nn1. The van der Waals surface area contributed by atoms with Gasteiger partial charge in [-0.3, -0.25) is 0 Å². The van der Waals surface area contributed by atoms with Crippen molar-refractivity contribution in [2.24, 2.45) is 0 Å². The van der Waals surface area contributed by atoms with Gasteiger partial charge in [0, 0.05) is 12.5 Å². The minimum Gasteiger partial charge on any atom is -0.372 e. The van der Waals surface area contributed by atoms with E-state index in [1.807, 2.05) is 13.1 Å². The molecule has 0 spiro atoms. The number of rotatable bonds is 1. The lowest BCUT2D eigenvalue weighted by molar-refractivity contribution is 0.554. The number of hydrogen-bond acceptors (Lipinski definition) is 3. The van der Waals surface area contributed by atoms with E-state index in [2.05, 4.69) is 43.2 Å². The van der Waals surface area contributed by atoms with Crippen LogP contribution in [0.25, 0.3) is 0 Å². The van der Waals surface area contributed by atoms with Crippen molar-refractivity contribution in [3.05, 3.63) is 17.3 Å². The van der Waals surface area contributed by atoms with E-state index in [1.165, 1.54) is 5.56 Å². The van der Waals surface area contributed by atoms with Crippen LogP contribution in [-0.2, 0) is 5.41 Å². The fraction of sp³-hybridized carbons (Fsp3) is 0.600. The number of hydrogen-bond donors (Lipinski definition) is 1. The van der Waals surface area contributed by atoms with E-state index in [0.717, 1.165) is 11.5 Å². The maximum atomic E-state index is 4.21. The van der Waals surface area contributed by atoms with Gasteiger partial charge < -0.3 is 5.32 Å². The summed E-state index contributed by atoms with van der Waals surface area (Å²) in [5.74, 6) is 0.825. The molecule has 0 aliphatic rings. The molecule has 3 nitrogen and oxygen atoms in total. The highest BCUT2D eigenvalue weighted by atomic mass is 15.2. The molecule has 0 unspecified atom stereocenters. The maximum absolute atomic E-state index is 4.21. The van der Waals surface area contributed by atoms with Gasteiger partial charge in [0.15, 0.2) is 0 Å². The molecule has 0 aliphatic carbocycles. The van der Waals surface area contributed by atoms with Crippen LogP contribution in [0.4, 0.5) is 5.82 Å². The van der Waals surface area contributed by atoms with Gasteiger partial charge in [0.05, 0.1) is 5.69 Å². The third kappa shape index (κ3) is 2.17. The topological polar surface area (TPSA) is 37.8 Å². The molecule has 0 saturated carbocycles. The van der Waals surface area contributed by atoms with Crippen molar-refractivity contribution < 1.29 is 0 Å². The molecule has 0 fully saturated rings. The molecule has 1 aromatic rings. The van der Waals surface area contributed by atoms with Crippen molar-refractivity contribution in [3.63, 3.8) is 0 Å². The Balaban J connectivity index is 3.13. The third-order valence-corrected chi connectivity index (χ3v) is 1.95. The lowest BCUT2D eigenvalue weighted by Gasteiger charge is -2.19. The Labute approximate surface area is 79.6 Å². The van der Waals surface area contributed by atoms with E-state index in [1.54, 1.807) is 0 Å². The summed E-state index contributed by atoms with van der Waals surface area (Å²) < 4.78 is 0. The van der Waals surface area contributed by atoms with Gasteiger partial charge in [0.2, 0.25) is 0 Å². The second kappa shape index (κ2) is 3.32. The van der Waals surface area contributed by atoms with E-state index >= 15 is 0 Å². The highest BCUT2D eigenvalue weighted by Crippen LogP contribution is 2.23. The molecule has 0 bridgehead atoms. The molecule has 0 saturated heterocycles. The lowest BCUT2D eigenvalue weighted by Crippen LogP contribution is -2.16. The molecule has 1 N–H and O–H groups in total. The highest BCUT2D eigenvalue weighted by Gasteiger charge is 2.18. The molecule has 1 aromatic heterocycles. The standard InChI is InChI=1S/C10H17N3/c1-7-6-8(11-5)12-13-9(7)10(2,3)4/h6H,1-5H3,(H,11,12). The van der Waals surface area contributed by atoms with Crippen LogP contribution in [0.15, 0.2) is 6.07 Å². The summed E-state index contributed by atoms with van der Waals surface area (Å²) in [4.78, 5) is 0. The van der Waals surface area contributed by atoms with Crippen LogP contribution in [0.2, 0.25) is 0 Å². The van der Waals surface area contributed by atoms with Crippen LogP contribution in [0, 0.1) is 6.92 Å². The first kappa shape index (κ1) is 9.96. The zero-order valence-corrected chi connectivity index (χ0v) is 8.97. The average Bonchev–Trinajstić information content (AvgIpc) is 2.01. The molecule has 0 amide bonds. The minimum absolute atomic E-state index is 0.0728. The van der Waals surface area contributed by atoms with Crippen LogP contribution in [0.3, 0.4) is 0 Å². The highest BCUT2D eigenvalue weighted by molar-refractivity contribution is 5.38. The quantitative estimate of drug-likeness (QED) is 0.717. The second-order valence-electron chi connectivity index (χ2n) is 4.26. The first-order chi connectivity index (χ1) is 5.95. The number of nitrogens with one attached hydrogen (secondary N) is 1. The predicted octanol–water partition coefficient (Wildman–Crippen LogP) is 2.12. The number of nitrogens with zero attached hydrogens (tertiary/aromatic N) is 2. The summed E-state index contributed by atoms with van der Waals surface area (Å²) in [5, 5.41) is 11.2. The maximum Gasteiger partial charge on any atom is 0.148 e. The van der Waals surface area contributed by atoms with Crippen LogP contribution < -0.4 is 5.32 Å². The Bertz CT molecular complexity index is 300. The van der Waals surface area contributed by atoms with Crippen molar-refractivity contribution in [2.45, 2.75) is 33.1 Å². The summed E-state index contributed by atoms with van der Waals surface area (Å²) in [6, 6.07) is 2.02. The Hall–Kier alpha value is -1.12. The first-order valence-corrected chi connectivity index (χ1v) is 4.47. The van der Waals surface area contributed by atoms with Gasteiger partial charge in [-0.05, 0) is 18.6 Å². The van der Waals surface area contributed by atoms with Crippen molar-refractivity contribution in [2.75, 3.05) is 12.4 Å². The Morgan fingerprint density at radius 1 is 1.23 bits per heavy atom. The first-order valence-electron chi connectivity index (χ1n) is 4.47. The van der Waals surface area contributed by atoms with E-state index in [0.29, 0.717) is 0 Å². The average molecular weight is 179 g/mol. The van der Waals surface area contributed by atoms with Gasteiger partial charge in [-0.15, -0.1) is 5.10 Å². The Kier molecular flexibility index (Phi) is 2.55. The molecule has 72 valence electrons. The molecule has 0 aliphatic heterocycles. The Morgan fingerprint density at radius 2 is 1.85 bits per heavy atom. The van der Waals surface area contributed by atoms with Crippen molar-refractivity contribution in [1.29, 1.82) is 0 Å². The van der Waals surface area contributed by atoms with Gasteiger partial charge >= 0.3 is 0 Å². The summed E-state index contributed by atoms with van der Waals surface area (Å²) in [7, 11) is 1.85. The van der Waals surface area contributed by atoms with Crippen LogP contribution in [0.5, 0.6) is 0 Å². The van der Waals surface area contributed by atoms with Gasteiger partial charge in [0.25, 0.3) is 0 Å². The monoisotopic (exact) mass is 179 g/mol. The van der Waals surface area contributed by atoms with Crippen LogP contribution in [0.1, 0.15) is 32.0 Å². The molecule has 0 atom stereocenters. The Morgan fingerprint density at radius 3 is 2.23 bits per heavy atom. The normalized spacial score (nSPS) is 11.5. The molecule has 0 radical (unpaired) electrons. The molecular formula is C10H17N3. The summed E-state index contributed by atoms with van der Waals surface area (Å²) in [6.07, 6.45) is 0. The van der Waals surface area contributed by atoms with E-state index < -0.39 is 0 Å². The largest absolute Gasteiger partial charge is 0.372 e. The minimum atomic E-state index is 0.0728. The van der Waals surface area contributed by atoms with Gasteiger partial charge in [-0.2, -0.15) is 5.10 Å². The van der Waals surface area contributed by atoms with E-state index in [-0.39, 0.29) is 5.41 Å². The summed E-state index contributed by atoms with van der Waals surface area (Å²) in [5.41, 5.74) is 2.32. The van der Waals surface area contributed by atoms with Crippen LogP contribution in [-0.4, -0.2) is 17.2 Å². The molecule has 0 aromatic carbocycles. The fourth-order valence-electron chi connectivity index (χ4n) is 1.35. The van der Waals surface area contributed by atoms with Crippen molar-refractivity contribution >= 4 is 5.82 Å². The smallest absolute Gasteiger partial charge is 0.148 e. The molecule has 3 heteroatoms. The van der Waals surface area contributed by atoms with Crippen LogP contribution >= 0.6 is 0 Å². The van der Waals surface area contributed by atoms with E-state index in [4.69, 9.17) is 0 Å². The van der Waals surface area contributed by atoms with E-state index in [9.17, 15) is 0 Å². The van der Waals surface area contributed by atoms with Crippen molar-refractivity contribution in [1.82, 2.24) is 10.2 Å². The van der Waals surface area contributed by atoms with Gasteiger partial charge in [-0.25, -0.2) is 0 Å². The number of aromatic nitrogens is 2. The predicted molar refractivity (Wildman–Crippen MR) is 55.0 cm³/mol. The zero-order chi connectivity index (χ0) is 10.1. The van der Waals surface area contributed by atoms with Gasteiger partial charge in [-0.1, -0.05) is 20.8 Å². The molecule has 1 rings (SSSR count). The molecule has 13 heavy (non-hydrogen) atoms. The number of aryl methyl sites for hydroxylation is 1. The fourth-order valence-corrected chi connectivity index (χ4v) is 1.35. The second-order valence-corrected chi connectivity index (χ2v) is 4.26.